The molecule has 9 heteroatoms. The SMILES string of the molecule is COc1ccccc1CCN1C(=O)[C@](NC(C)=O)(C(F)(F)F)[NH+]=C1c1ccccc1. The number of nitrogens with one attached hydrogen (secondary N) is 2. The number of carbonyl (C=O) groups is 2. The number of amides is 2. The second-order valence-electron chi connectivity index (χ2n) is 6.79. The first-order valence-electron chi connectivity index (χ1n) is 9.19. The van der Waals surface area contributed by atoms with E-state index in [1.807, 2.05) is 0 Å². The highest BCUT2D eigenvalue weighted by molar-refractivity contribution is 6.11. The van der Waals surface area contributed by atoms with Crippen LogP contribution in [0.3, 0.4) is 0 Å². The Bertz CT molecular complexity index is 976. The van der Waals surface area contributed by atoms with Gasteiger partial charge in [-0.25, -0.2) is 9.79 Å². The third-order valence-electron chi connectivity index (χ3n) is 4.78. The maximum atomic E-state index is 14.0. The molecule has 158 valence electrons. The van der Waals surface area contributed by atoms with E-state index in [-0.39, 0.29) is 18.8 Å². The first-order chi connectivity index (χ1) is 14.2. The predicted molar refractivity (Wildman–Crippen MR) is 103 cm³/mol. The Morgan fingerprint density at radius 2 is 1.77 bits per heavy atom. The van der Waals surface area contributed by atoms with E-state index in [0.29, 0.717) is 11.3 Å². The summed E-state index contributed by atoms with van der Waals surface area (Å²) in [6, 6.07) is 15.3. The van der Waals surface area contributed by atoms with Crippen LogP contribution >= 0.6 is 0 Å². The lowest BCUT2D eigenvalue weighted by Gasteiger charge is -2.24. The number of alkyl halides is 3. The number of methoxy groups -OCH3 is 1. The summed E-state index contributed by atoms with van der Waals surface area (Å²) in [5, 5.41) is 1.78. The fourth-order valence-electron chi connectivity index (χ4n) is 3.39. The Balaban J connectivity index is 2.03. The molecule has 0 spiro atoms. The molecule has 2 amide bonds. The molecule has 0 aliphatic carbocycles. The molecule has 2 aromatic carbocycles. The van der Waals surface area contributed by atoms with Crippen LogP contribution in [0.2, 0.25) is 0 Å². The molecule has 0 saturated carbocycles. The van der Waals surface area contributed by atoms with Gasteiger partial charge in [-0.1, -0.05) is 36.4 Å². The van der Waals surface area contributed by atoms with E-state index in [0.717, 1.165) is 17.4 Å². The molecule has 1 atom stereocenters. The number of hydrogen-bond acceptors (Lipinski definition) is 3. The molecule has 2 aromatic rings. The number of amidine groups is 1. The highest BCUT2D eigenvalue weighted by Gasteiger charge is 2.72. The molecule has 1 heterocycles. The van der Waals surface area contributed by atoms with Crippen LogP contribution in [0.4, 0.5) is 13.2 Å². The first-order valence-corrected chi connectivity index (χ1v) is 9.19. The van der Waals surface area contributed by atoms with E-state index in [4.69, 9.17) is 4.74 Å². The fourth-order valence-corrected chi connectivity index (χ4v) is 3.39. The van der Waals surface area contributed by atoms with Gasteiger partial charge < -0.3 is 4.74 Å². The smallest absolute Gasteiger partial charge is 0.465 e. The summed E-state index contributed by atoms with van der Waals surface area (Å²) in [6.45, 7) is 0.885. The van der Waals surface area contributed by atoms with Crippen LogP contribution in [0.1, 0.15) is 18.1 Å². The maximum Gasteiger partial charge on any atom is 0.465 e. The summed E-state index contributed by atoms with van der Waals surface area (Å²) in [4.78, 5) is 27.9. The highest BCUT2D eigenvalue weighted by Crippen LogP contribution is 2.30. The normalized spacial score (nSPS) is 18.9. The molecule has 0 aromatic heterocycles. The number of hydrogen-bond donors (Lipinski definition) is 2. The number of nitrogens with zero attached hydrogens (tertiary/aromatic N) is 1. The first kappa shape index (κ1) is 21.4. The van der Waals surface area contributed by atoms with Crippen LogP contribution in [0, 0.1) is 0 Å². The summed E-state index contributed by atoms with van der Waals surface area (Å²) >= 11 is 0. The summed E-state index contributed by atoms with van der Waals surface area (Å²) in [7, 11) is 1.49. The number of para-hydroxylation sites is 1. The lowest BCUT2D eigenvalue weighted by atomic mass is 10.1. The molecule has 0 bridgehead atoms. The van der Waals surface area contributed by atoms with Crippen molar-refractivity contribution in [2.24, 2.45) is 0 Å². The fraction of sp³-hybridized carbons (Fsp3) is 0.286. The summed E-state index contributed by atoms with van der Waals surface area (Å²) < 4.78 is 47.3. The minimum absolute atomic E-state index is 0.0263. The standard InChI is InChI=1S/C21H20F3N3O3/c1-14(28)25-20(21(22,23)24)19(29)27(18(26-20)16-9-4-3-5-10-16)13-12-15-8-6-7-11-17(15)30-2/h3-11H,12-13H2,1-2H3,(H,25,28)/p+1/t20-/m1/s1. The minimum atomic E-state index is -5.06. The van der Waals surface area contributed by atoms with Crippen molar-refractivity contribution in [2.75, 3.05) is 13.7 Å². The molecule has 2 N–H and O–H groups in total. The van der Waals surface area contributed by atoms with E-state index in [9.17, 15) is 22.8 Å². The van der Waals surface area contributed by atoms with Gasteiger partial charge in [0.05, 0.1) is 19.2 Å². The average Bonchev–Trinajstić information content (AvgIpc) is 2.99. The molecule has 1 aliphatic heterocycles. The molecule has 0 saturated heterocycles. The minimum Gasteiger partial charge on any atom is -0.496 e. The predicted octanol–water partition coefficient (Wildman–Crippen LogP) is 1.00. The van der Waals surface area contributed by atoms with Gasteiger partial charge in [0.2, 0.25) is 5.91 Å². The maximum absolute atomic E-state index is 14.0. The average molecular weight is 420 g/mol. The van der Waals surface area contributed by atoms with E-state index in [1.165, 1.54) is 7.11 Å². The Morgan fingerprint density at radius 3 is 2.37 bits per heavy atom. The molecular weight excluding hydrogens is 399 g/mol. The van der Waals surface area contributed by atoms with Crippen LogP contribution in [-0.4, -0.2) is 48.0 Å². The zero-order chi connectivity index (χ0) is 21.9. The van der Waals surface area contributed by atoms with Gasteiger partial charge in [0.1, 0.15) is 5.75 Å². The molecule has 6 nitrogen and oxygen atoms in total. The zero-order valence-corrected chi connectivity index (χ0v) is 16.4. The second kappa shape index (κ2) is 8.17. The molecular formula is C21H21F3N3O3+. The summed E-state index contributed by atoms with van der Waals surface area (Å²) in [5.74, 6) is -1.73. The third kappa shape index (κ3) is 3.87. The van der Waals surface area contributed by atoms with E-state index in [2.05, 4.69) is 4.99 Å². The molecule has 0 fully saturated rings. The molecule has 3 rings (SSSR count). The van der Waals surface area contributed by atoms with Gasteiger partial charge in [-0.05, 0) is 23.8 Å². The van der Waals surface area contributed by atoms with Crippen molar-refractivity contribution >= 4 is 17.6 Å². The van der Waals surface area contributed by atoms with E-state index >= 15 is 0 Å². The molecule has 30 heavy (non-hydrogen) atoms. The van der Waals surface area contributed by atoms with Crippen molar-refractivity contribution < 1.29 is 32.5 Å². The quantitative estimate of drug-likeness (QED) is 0.733. The highest BCUT2D eigenvalue weighted by atomic mass is 19.4. The van der Waals surface area contributed by atoms with Crippen molar-refractivity contribution in [2.45, 2.75) is 25.2 Å². The van der Waals surface area contributed by atoms with Crippen LogP contribution in [0.15, 0.2) is 54.6 Å². The molecule has 1 aliphatic rings. The van der Waals surface area contributed by atoms with Gasteiger partial charge in [-0.15, -0.1) is 0 Å². The van der Waals surface area contributed by atoms with Gasteiger partial charge >= 0.3 is 17.7 Å². The zero-order valence-electron chi connectivity index (χ0n) is 16.4. The monoisotopic (exact) mass is 420 g/mol. The largest absolute Gasteiger partial charge is 0.496 e. The summed E-state index contributed by atoms with van der Waals surface area (Å²) in [6.07, 6.45) is -4.81. The van der Waals surface area contributed by atoms with Crippen LogP contribution in [0.25, 0.3) is 0 Å². The van der Waals surface area contributed by atoms with Crippen molar-refractivity contribution in [1.82, 2.24) is 10.2 Å². The van der Waals surface area contributed by atoms with Crippen LogP contribution < -0.4 is 15.0 Å². The Hall–Kier alpha value is -3.36. The van der Waals surface area contributed by atoms with Crippen molar-refractivity contribution in [3.05, 3.63) is 65.7 Å². The van der Waals surface area contributed by atoms with Gasteiger partial charge in [-0.3, -0.25) is 10.1 Å². The van der Waals surface area contributed by atoms with Crippen molar-refractivity contribution in [3.8, 4) is 5.75 Å². The van der Waals surface area contributed by atoms with Gasteiger partial charge in [0, 0.05) is 13.3 Å². The molecule has 0 unspecified atom stereocenters. The van der Waals surface area contributed by atoms with E-state index in [1.54, 1.807) is 59.9 Å². The molecule has 0 radical (unpaired) electrons. The lowest BCUT2D eigenvalue weighted by molar-refractivity contribution is -0.581. The van der Waals surface area contributed by atoms with Gasteiger partial charge in [0.25, 0.3) is 5.84 Å². The Morgan fingerprint density at radius 1 is 1.13 bits per heavy atom. The topological polar surface area (TPSA) is 72.6 Å². The van der Waals surface area contributed by atoms with E-state index < -0.39 is 23.7 Å². The number of halogens is 3. The Kier molecular flexibility index (Phi) is 5.82. The number of rotatable bonds is 6. The van der Waals surface area contributed by atoms with Crippen LogP contribution in [-0.2, 0) is 16.0 Å². The van der Waals surface area contributed by atoms with Gasteiger partial charge in [-0.2, -0.15) is 18.1 Å². The summed E-state index contributed by atoms with van der Waals surface area (Å²) in [5.41, 5.74) is -2.10. The van der Waals surface area contributed by atoms with Gasteiger partial charge in [0.15, 0.2) is 0 Å². The Labute approximate surface area is 171 Å². The van der Waals surface area contributed by atoms with Crippen LogP contribution in [0.5, 0.6) is 5.75 Å². The van der Waals surface area contributed by atoms with Crippen molar-refractivity contribution in [3.63, 3.8) is 0 Å². The third-order valence-corrected chi connectivity index (χ3v) is 4.78. The van der Waals surface area contributed by atoms with Crippen molar-refractivity contribution in [1.29, 1.82) is 0 Å². The number of carbonyl (C=O) groups excluding carboxylic acids is 2. The lowest BCUT2D eigenvalue weighted by Crippen LogP contribution is -2.96. The second-order valence-corrected chi connectivity index (χ2v) is 6.79. The number of benzene rings is 2. The number of ether oxygens (including phenoxy) is 1.